The summed E-state index contributed by atoms with van der Waals surface area (Å²) in [5.41, 5.74) is 4.19. The zero-order chi connectivity index (χ0) is 20.5. The van der Waals surface area contributed by atoms with Gasteiger partial charge in [-0.3, -0.25) is 4.79 Å². The SMILES string of the molecule is CC(C)c1ccc(N2CC(c3nc(-c4ccc(N(C)C)cc4)no3)CC2=O)cc1. The second-order valence-electron chi connectivity index (χ2n) is 8.05. The molecular formula is C23H26N4O2. The van der Waals surface area contributed by atoms with Crippen LogP contribution in [0.25, 0.3) is 11.4 Å². The molecule has 1 unspecified atom stereocenters. The van der Waals surface area contributed by atoms with Crippen LogP contribution < -0.4 is 9.80 Å². The normalized spacial score (nSPS) is 16.7. The molecule has 1 aliphatic heterocycles. The first-order valence-electron chi connectivity index (χ1n) is 9.94. The van der Waals surface area contributed by atoms with Crippen molar-refractivity contribution in [2.45, 2.75) is 32.1 Å². The highest BCUT2D eigenvalue weighted by atomic mass is 16.5. The number of amides is 1. The van der Waals surface area contributed by atoms with Gasteiger partial charge in [0.15, 0.2) is 0 Å². The minimum atomic E-state index is -0.0884. The summed E-state index contributed by atoms with van der Waals surface area (Å²) in [6.07, 6.45) is 0.382. The largest absolute Gasteiger partial charge is 0.378 e. The zero-order valence-electron chi connectivity index (χ0n) is 17.3. The van der Waals surface area contributed by atoms with E-state index in [9.17, 15) is 4.79 Å². The molecule has 1 aromatic heterocycles. The predicted molar refractivity (Wildman–Crippen MR) is 114 cm³/mol. The van der Waals surface area contributed by atoms with Gasteiger partial charge in [-0.15, -0.1) is 0 Å². The molecule has 2 aromatic carbocycles. The van der Waals surface area contributed by atoms with Crippen LogP contribution in [-0.4, -0.2) is 36.7 Å². The van der Waals surface area contributed by atoms with Gasteiger partial charge in [0.2, 0.25) is 17.6 Å². The molecule has 0 spiro atoms. The predicted octanol–water partition coefficient (Wildman–Crippen LogP) is 4.45. The van der Waals surface area contributed by atoms with Gasteiger partial charge in [-0.25, -0.2) is 0 Å². The number of hydrogen-bond donors (Lipinski definition) is 0. The van der Waals surface area contributed by atoms with Gasteiger partial charge in [-0.2, -0.15) is 4.98 Å². The highest BCUT2D eigenvalue weighted by molar-refractivity contribution is 5.96. The maximum absolute atomic E-state index is 12.6. The van der Waals surface area contributed by atoms with E-state index in [-0.39, 0.29) is 11.8 Å². The van der Waals surface area contributed by atoms with Crippen LogP contribution in [0.5, 0.6) is 0 Å². The first-order chi connectivity index (χ1) is 13.9. The summed E-state index contributed by atoms with van der Waals surface area (Å²) < 4.78 is 5.51. The van der Waals surface area contributed by atoms with Gasteiger partial charge in [0.05, 0.1) is 5.92 Å². The molecule has 0 bridgehead atoms. The fourth-order valence-corrected chi connectivity index (χ4v) is 3.59. The van der Waals surface area contributed by atoms with Gasteiger partial charge in [0.25, 0.3) is 0 Å². The molecule has 0 radical (unpaired) electrons. The number of carbonyl (C=O) groups is 1. The van der Waals surface area contributed by atoms with E-state index in [0.29, 0.717) is 30.6 Å². The van der Waals surface area contributed by atoms with Crippen LogP contribution in [0.15, 0.2) is 53.1 Å². The summed E-state index contributed by atoms with van der Waals surface area (Å²) in [6, 6.07) is 16.2. The minimum Gasteiger partial charge on any atom is -0.378 e. The van der Waals surface area contributed by atoms with Crippen LogP contribution in [0.3, 0.4) is 0 Å². The molecule has 0 saturated carbocycles. The fraction of sp³-hybridized carbons (Fsp3) is 0.348. The fourth-order valence-electron chi connectivity index (χ4n) is 3.59. The Hall–Kier alpha value is -3.15. The molecule has 29 heavy (non-hydrogen) atoms. The number of hydrogen-bond acceptors (Lipinski definition) is 5. The van der Waals surface area contributed by atoms with Gasteiger partial charge < -0.3 is 14.3 Å². The van der Waals surface area contributed by atoms with Gasteiger partial charge in [0, 0.05) is 44.0 Å². The van der Waals surface area contributed by atoms with E-state index >= 15 is 0 Å². The van der Waals surface area contributed by atoms with Crippen molar-refractivity contribution >= 4 is 17.3 Å². The van der Waals surface area contributed by atoms with Crippen LogP contribution in [0.4, 0.5) is 11.4 Å². The lowest BCUT2D eigenvalue weighted by atomic mass is 10.0. The molecule has 0 aliphatic carbocycles. The summed E-state index contributed by atoms with van der Waals surface area (Å²) in [6.45, 7) is 4.88. The molecule has 4 rings (SSSR count). The lowest BCUT2D eigenvalue weighted by Crippen LogP contribution is -2.24. The minimum absolute atomic E-state index is 0.0855. The topological polar surface area (TPSA) is 62.5 Å². The summed E-state index contributed by atoms with van der Waals surface area (Å²) in [5, 5.41) is 4.13. The second-order valence-corrected chi connectivity index (χ2v) is 8.05. The molecule has 6 nitrogen and oxygen atoms in total. The van der Waals surface area contributed by atoms with E-state index in [1.54, 1.807) is 0 Å². The molecule has 1 saturated heterocycles. The third kappa shape index (κ3) is 3.88. The van der Waals surface area contributed by atoms with Crippen LogP contribution in [0.1, 0.15) is 43.6 Å². The Morgan fingerprint density at radius 2 is 1.76 bits per heavy atom. The number of anilines is 2. The molecular weight excluding hydrogens is 364 g/mol. The molecule has 1 atom stereocenters. The van der Waals surface area contributed by atoms with Gasteiger partial charge in [-0.1, -0.05) is 31.1 Å². The van der Waals surface area contributed by atoms with Crippen molar-refractivity contribution in [1.29, 1.82) is 0 Å². The van der Waals surface area contributed by atoms with Crippen LogP contribution in [0.2, 0.25) is 0 Å². The lowest BCUT2D eigenvalue weighted by molar-refractivity contribution is -0.117. The number of benzene rings is 2. The standard InChI is InChI=1S/C23H26N4O2/c1-15(2)16-5-11-20(12-6-16)27-14-18(13-21(27)28)23-24-22(25-29-23)17-7-9-19(10-8-17)26(3)4/h5-12,15,18H,13-14H2,1-4H3. The molecule has 2 heterocycles. The summed E-state index contributed by atoms with van der Waals surface area (Å²) in [7, 11) is 4.00. The van der Waals surface area contributed by atoms with Gasteiger partial charge in [0.1, 0.15) is 0 Å². The average molecular weight is 390 g/mol. The summed E-state index contributed by atoms with van der Waals surface area (Å²) >= 11 is 0. The zero-order valence-corrected chi connectivity index (χ0v) is 17.3. The highest BCUT2D eigenvalue weighted by Crippen LogP contribution is 2.32. The monoisotopic (exact) mass is 390 g/mol. The molecule has 6 heteroatoms. The van der Waals surface area contributed by atoms with Crippen molar-refractivity contribution in [3.05, 3.63) is 60.0 Å². The van der Waals surface area contributed by atoms with Crippen LogP contribution >= 0.6 is 0 Å². The van der Waals surface area contributed by atoms with E-state index in [4.69, 9.17) is 4.52 Å². The lowest BCUT2D eigenvalue weighted by Gasteiger charge is -2.17. The number of aromatic nitrogens is 2. The van der Waals surface area contributed by atoms with Crippen molar-refractivity contribution in [3.63, 3.8) is 0 Å². The number of nitrogens with zero attached hydrogens (tertiary/aromatic N) is 4. The van der Waals surface area contributed by atoms with E-state index in [1.807, 2.05) is 60.3 Å². The van der Waals surface area contributed by atoms with E-state index < -0.39 is 0 Å². The van der Waals surface area contributed by atoms with Crippen molar-refractivity contribution in [1.82, 2.24) is 10.1 Å². The van der Waals surface area contributed by atoms with Gasteiger partial charge >= 0.3 is 0 Å². The maximum atomic E-state index is 12.6. The Morgan fingerprint density at radius 1 is 1.07 bits per heavy atom. The Bertz CT molecular complexity index is 990. The van der Waals surface area contributed by atoms with E-state index in [0.717, 1.165) is 16.9 Å². The Morgan fingerprint density at radius 3 is 2.38 bits per heavy atom. The first kappa shape index (κ1) is 19.2. The molecule has 150 valence electrons. The number of rotatable bonds is 5. The Labute approximate surface area is 171 Å². The third-order valence-corrected chi connectivity index (χ3v) is 5.43. The second kappa shape index (κ2) is 7.70. The molecule has 0 N–H and O–H groups in total. The first-order valence-corrected chi connectivity index (χ1v) is 9.94. The quantitative estimate of drug-likeness (QED) is 0.644. The molecule has 1 fully saturated rings. The van der Waals surface area contributed by atoms with E-state index in [2.05, 4.69) is 36.1 Å². The third-order valence-electron chi connectivity index (χ3n) is 5.43. The van der Waals surface area contributed by atoms with Crippen LogP contribution in [-0.2, 0) is 4.79 Å². The van der Waals surface area contributed by atoms with Crippen LogP contribution in [0, 0.1) is 0 Å². The smallest absolute Gasteiger partial charge is 0.232 e. The molecule has 1 amide bonds. The van der Waals surface area contributed by atoms with Crippen molar-refractivity contribution in [2.75, 3.05) is 30.4 Å². The van der Waals surface area contributed by atoms with E-state index in [1.165, 1.54) is 5.56 Å². The summed E-state index contributed by atoms with van der Waals surface area (Å²) in [4.78, 5) is 21.0. The summed E-state index contributed by atoms with van der Waals surface area (Å²) in [5.74, 6) is 1.54. The number of carbonyl (C=O) groups excluding carboxylic acids is 1. The molecule has 1 aliphatic rings. The average Bonchev–Trinajstić information content (AvgIpc) is 3.35. The molecule has 3 aromatic rings. The Kier molecular flexibility index (Phi) is 5.09. The highest BCUT2D eigenvalue weighted by Gasteiger charge is 2.35. The van der Waals surface area contributed by atoms with Crippen molar-refractivity contribution in [3.8, 4) is 11.4 Å². The van der Waals surface area contributed by atoms with Gasteiger partial charge in [-0.05, 0) is 47.9 Å². The Balaban J connectivity index is 1.49. The van der Waals surface area contributed by atoms with Crippen molar-refractivity contribution in [2.24, 2.45) is 0 Å². The maximum Gasteiger partial charge on any atom is 0.232 e. The van der Waals surface area contributed by atoms with Crippen molar-refractivity contribution < 1.29 is 9.32 Å².